The summed E-state index contributed by atoms with van der Waals surface area (Å²) in [4.78, 5) is 0.259. The van der Waals surface area contributed by atoms with Gasteiger partial charge in [-0.1, -0.05) is 17.7 Å². The van der Waals surface area contributed by atoms with Crippen LogP contribution in [0.2, 0.25) is 0 Å². The monoisotopic (exact) mass is 314 g/mol. The molecule has 1 aliphatic rings. The number of benzene rings is 1. The van der Waals surface area contributed by atoms with Gasteiger partial charge in [-0.2, -0.15) is 0 Å². The van der Waals surface area contributed by atoms with Crippen LogP contribution in [0, 0.1) is 12.8 Å². The molecule has 0 amide bonds. The number of aryl methyl sites for hydroxylation is 1. The van der Waals surface area contributed by atoms with Crippen LogP contribution in [-0.2, 0) is 19.3 Å². The first-order valence-corrected chi connectivity index (χ1v) is 8.76. The predicted molar refractivity (Wildman–Crippen MR) is 78.7 cm³/mol. The van der Waals surface area contributed by atoms with E-state index in [1.807, 2.05) is 6.92 Å². The van der Waals surface area contributed by atoms with E-state index >= 15 is 0 Å². The number of aliphatic hydroxyl groups is 1. The quantitative estimate of drug-likeness (QED) is 0.892. The molecule has 0 spiro atoms. The third kappa shape index (κ3) is 4.26. The summed E-state index contributed by atoms with van der Waals surface area (Å²) >= 11 is 0. The van der Waals surface area contributed by atoms with Crippen LogP contribution in [-0.4, -0.2) is 44.9 Å². The zero-order valence-electron chi connectivity index (χ0n) is 12.4. The minimum absolute atomic E-state index is 0.196. The van der Waals surface area contributed by atoms with Crippen molar-refractivity contribution >= 4 is 9.84 Å². The second-order valence-electron chi connectivity index (χ2n) is 5.46. The van der Waals surface area contributed by atoms with E-state index in [1.165, 1.54) is 0 Å². The molecule has 0 saturated carbocycles. The summed E-state index contributed by atoms with van der Waals surface area (Å²) in [5, 5.41) is 9.89. The number of sulfone groups is 1. The van der Waals surface area contributed by atoms with Crippen molar-refractivity contribution in [2.75, 3.05) is 19.0 Å². The lowest BCUT2D eigenvalue weighted by Gasteiger charge is -2.32. The van der Waals surface area contributed by atoms with Crippen LogP contribution in [0.3, 0.4) is 0 Å². The maximum Gasteiger partial charge on any atom is 0.178 e. The highest BCUT2D eigenvalue weighted by atomic mass is 32.2. The van der Waals surface area contributed by atoms with Crippen LogP contribution in [0.1, 0.15) is 18.9 Å². The van der Waals surface area contributed by atoms with E-state index in [9.17, 15) is 13.5 Å². The van der Waals surface area contributed by atoms with Crippen molar-refractivity contribution < 1.29 is 23.0 Å². The van der Waals surface area contributed by atoms with E-state index in [2.05, 4.69) is 0 Å². The predicted octanol–water partition coefficient (Wildman–Crippen LogP) is 1.53. The summed E-state index contributed by atoms with van der Waals surface area (Å²) in [6.07, 6.45) is -0.708. The van der Waals surface area contributed by atoms with Crippen molar-refractivity contribution in [2.24, 2.45) is 5.92 Å². The van der Waals surface area contributed by atoms with Crippen LogP contribution >= 0.6 is 0 Å². The Bertz CT molecular complexity index is 544. The normalized spacial score (nSPS) is 20.1. The first-order chi connectivity index (χ1) is 9.90. The van der Waals surface area contributed by atoms with Gasteiger partial charge in [0.1, 0.15) is 0 Å². The molecular weight excluding hydrogens is 292 g/mol. The number of hydrogen-bond acceptors (Lipinski definition) is 5. The third-order valence-corrected chi connectivity index (χ3v) is 5.43. The fraction of sp³-hybridized carbons (Fsp3) is 0.600. The molecule has 5 nitrogen and oxygen atoms in total. The highest BCUT2D eigenvalue weighted by molar-refractivity contribution is 7.91. The number of aliphatic hydroxyl groups excluding tert-OH is 1. The summed E-state index contributed by atoms with van der Waals surface area (Å²) in [6, 6.07) is 6.70. The summed E-state index contributed by atoms with van der Waals surface area (Å²) in [7, 11) is -3.49. The molecule has 118 valence electrons. The van der Waals surface area contributed by atoms with E-state index in [-0.39, 0.29) is 10.6 Å². The van der Waals surface area contributed by atoms with Gasteiger partial charge in [0.15, 0.2) is 16.1 Å². The minimum atomic E-state index is -3.49. The van der Waals surface area contributed by atoms with Crippen molar-refractivity contribution in [3.05, 3.63) is 29.8 Å². The van der Waals surface area contributed by atoms with Crippen LogP contribution in [0.25, 0.3) is 0 Å². The molecule has 0 radical (unpaired) electrons. The molecule has 1 heterocycles. The van der Waals surface area contributed by atoms with Gasteiger partial charge in [-0.25, -0.2) is 8.42 Å². The van der Waals surface area contributed by atoms with Crippen molar-refractivity contribution in [2.45, 2.75) is 37.6 Å². The molecule has 1 N–H and O–H groups in total. The zero-order valence-corrected chi connectivity index (χ0v) is 13.2. The van der Waals surface area contributed by atoms with Gasteiger partial charge in [0.2, 0.25) is 0 Å². The summed E-state index contributed by atoms with van der Waals surface area (Å²) in [5.41, 5.74) is 1.000. The lowest BCUT2D eigenvalue weighted by atomic mass is 10.1. The smallest absolute Gasteiger partial charge is 0.178 e. The van der Waals surface area contributed by atoms with Gasteiger partial charge in [0, 0.05) is 0 Å². The Labute approximate surface area is 125 Å². The van der Waals surface area contributed by atoms with Gasteiger partial charge in [-0.05, 0) is 32.4 Å². The molecule has 0 aromatic heterocycles. The summed E-state index contributed by atoms with van der Waals surface area (Å²) < 4.78 is 35.9. The Kier molecular flexibility index (Phi) is 5.37. The number of ether oxygens (including phenoxy) is 2. The Morgan fingerprint density at radius 2 is 1.81 bits per heavy atom. The van der Waals surface area contributed by atoms with Crippen LogP contribution < -0.4 is 0 Å². The Morgan fingerprint density at radius 1 is 1.24 bits per heavy atom. The van der Waals surface area contributed by atoms with Crippen molar-refractivity contribution in [1.29, 1.82) is 0 Å². The molecule has 6 heteroatoms. The topological polar surface area (TPSA) is 72.8 Å². The van der Waals surface area contributed by atoms with Crippen LogP contribution in [0.4, 0.5) is 0 Å². The first-order valence-electron chi connectivity index (χ1n) is 7.11. The largest absolute Gasteiger partial charge is 0.393 e. The first kappa shape index (κ1) is 16.4. The molecule has 1 saturated heterocycles. The van der Waals surface area contributed by atoms with E-state index in [1.54, 1.807) is 31.2 Å². The molecular formula is C15H22O5S. The molecule has 0 aliphatic carbocycles. The van der Waals surface area contributed by atoms with E-state index in [0.717, 1.165) is 12.0 Å². The highest BCUT2D eigenvalue weighted by Gasteiger charge is 2.34. The lowest BCUT2D eigenvalue weighted by molar-refractivity contribution is -0.214. The highest BCUT2D eigenvalue weighted by Crippen LogP contribution is 2.23. The van der Waals surface area contributed by atoms with Gasteiger partial charge in [0.25, 0.3) is 0 Å². The third-order valence-electron chi connectivity index (χ3n) is 3.61. The Hall–Kier alpha value is -0.950. The average Bonchev–Trinajstić information content (AvgIpc) is 2.46. The Morgan fingerprint density at radius 3 is 2.33 bits per heavy atom. The van der Waals surface area contributed by atoms with Gasteiger partial charge in [-0.3, -0.25) is 0 Å². The van der Waals surface area contributed by atoms with E-state index < -0.39 is 28.1 Å². The fourth-order valence-corrected chi connectivity index (χ4v) is 3.98. The van der Waals surface area contributed by atoms with E-state index in [0.29, 0.717) is 13.2 Å². The SMILES string of the molecule is Cc1ccc(S(=O)(=O)C[C@H](C2OCCCO2)[C@H](C)O)cc1. The van der Waals surface area contributed by atoms with Crippen molar-refractivity contribution in [1.82, 2.24) is 0 Å². The number of hydrogen-bond donors (Lipinski definition) is 1. The maximum atomic E-state index is 12.5. The molecule has 0 unspecified atom stereocenters. The zero-order chi connectivity index (χ0) is 15.5. The average molecular weight is 314 g/mol. The standard InChI is InChI=1S/C15H22O5S/c1-11-4-6-13(7-5-11)21(17,18)10-14(12(2)16)15-19-8-3-9-20-15/h4-7,12,14-16H,3,8-10H2,1-2H3/t12-,14-/m0/s1. The molecule has 1 aromatic rings. The molecule has 2 atom stereocenters. The minimum Gasteiger partial charge on any atom is -0.393 e. The molecule has 2 rings (SSSR count). The van der Waals surface area contributed by atoms with Crippen LogP contribution in [0.15, 0.2) is 29.2 Å². The molecule has 1 aromatic carbocycles. The molecule has 1 aliphatic heterocycles. The molecule has 0 bridgehead atoms. The van der Waals surface area contributed by atoms with Crippen molar-refractivity contribution in [3.63, 3.8) is 0 Å². The second-order valence-corrected chi connectivity index (χ2v) is 7.50. The molecule has 1 fully saturated rings. The summed E-state index contributed by atoms with van der Waals surface area (Å²) in [6.45, 7) is 4.52. The van der Waals surface area contributed by atoms with Crippen LogP contribution in [0.5, 0.6) is 0 Å². The summed E-state index contributed by atoms with van der Waals surface area (Å²) in [5.74, 6) is -0.796. The second kappa shape index (κ2) is 6.87. The Balaban J connectivity index is 2.16. The van der Waals surface area contributed by atoms with Gasteiger partial charge >= 0.3 is 0 Å². The lowest BCUT2D eigenvalue weighted by Crippen LogP contribution is -2.41. The molecule has 21 heavy (non-hydrogen) atoms. The maximum absolute atomic E-state index is 12.5. The van der Waals surface area contributed by atoms with Gasteiger partial charge in [-0.15, -0.1) is 0 Å². The van der Waals surface area contributed by atoms with E-state index in [4.69, 9.17) is 9.47 Å². The van der Waals surface area contributed by atoms with Gasteiger partial charge < -0.3 is 14.6 Å². The van der Waals surface area contributed by atoms with Crippen molar-refractivity contribution in [3.8, 4) is 0 Å². The fourth-order valence-electron chi connectivity index (χ4n) is 2.29. The number of rotatable bonds is 5. The van der Waals surface area contributed by atoms with Gasteiger partial charge in [0.05, 0.1) is 35.9 Å².